The van der Waals surface area contributed by atoms with Crippen LogP contribution in [0.2, 0.25) is 0 Å². The number of rotatable bonds is 5. The van der Waals surface area contributed by atoms with E-state index < -0.39 is 5.25 Å². The van der Waals surface area contributed by atoms with Crippen molar-refractivity contribution in [3.8, 4) is 11.5 Å². The molecule has 0 aromatic heterocycles. The zero-order valence-electron chi connectivity index (χ0n) is 20.2. The molecule has 0 N–H and O–H groups in total. The number of hydrogen-bond donors (Lipinski definition) is 0. The second-order valence-electron chi connectivity index (χ2n) is 8.51. The quantitative estimate of drug-likeness (QED) is 0.449. The highest BCUT2D eigenvalue weighted by Crippen LogP contribution is 2.35. The number of para-hydroxylation sites is 1. The predicted octanol–water partition coefficient (Wildman–Crippen LogP) is 5.25. The van der Waals surface area contributed by atoms with Crippen molar-refractivity contribution in [1.82, 2.24) is 0 Å². The van der Waals surface area contributed by atoms with E-state index in [2.05, 4.69) is 4.99 Å². The Morgan fingerprint density at radius 3 is 2.53 bits per heavy atom. The summed E-state index contributed by atoms with van der Waals surface area (Å²) in [6.07, 6.45) is 1.72. The van der Waals surface area contributed by atoms with Crippen LogP contribution in [0.3, 0.4) is 0 Å². The molecule has 0 aliphatic carbocycles. The molecule has 2 heterocycles. The van der Waals surface area contributed by atoms with Gasteiger partial charge >= 0.3 is 0 Å². The molecule has 8 heteroatoms. The van der Waals surface area contributed by atoms with Crippen molar-refractivity contribution in [2.45, 2.75) is 19.1 Å². The van der Waals surface area contributed by atoms with Crippen molar-refractivity contribution in [3.63, 3.8) is 0 Å². The average molecular weight is 500 g/mol. The molecule has 7 nitrogen and oxygen atoms in total. The highest BCUT2D eigenvalue weighted by atomic mass is 32.2. The summed E-state index contributed by atoms with van der Waals surface area (Å²) in [4.78, 5) is 34.6. The Hall–Kier alpha value is -4.04. The minimum atomic E-state index is -0.473. The van der Waals surface area contributed by atoms with Gasteiger partial charge in [0.25, 0.3) is 5.91 Å². The van der Waals surface area contributed by atoms with Gasteiger partial charge in [-0.05, 0) is 61.9 Å². The lowest BCUT2D eigenvalue weighted by molar-refractivity contribution is -0.117. The van der Waals surface area contributed by atoms with Gasteiger partial charge in [-0.3, -0.25) is 14.5 Å². The molecule has 2 aliphatic rings. The van der Waals surface area contributed by atoms with Crippen molar-refractivity contribution in [1.29, 1.82) is 0 Å². The highest BCUT2D eigenvalue weighted by Gasteiger charge is 2.35. The number of thioether (sulfide) groups is 1. The number of benzene rings is 3. The Kier molecular flexibility index (Phi) is 6.52. The first-order valence-electron chi connectivity index (χ1n) is 11.5. The molecular weight excluding hydrogens is 474 g/mol. The van der Waals surface area contributed by atoms with E-state index in [9.17, 15) is 9.59 Å². The van der Waals surface area contributed by atoms with Crippen LogP contribution in [0.25, 0.3) is 6.08 Å². The number of amidine groups is 1. The number of anilines is 2. The van der Waals surface area contributed by atoms with Gasteiger partial charge in [0.1, 0.15) is 5.70 Å². The summed E-state index contributed by atoms with van der Waals surface area (Å²) >= 11 is 1.26. The van der Waals surface area contributed by atoms with Crippen LogP contribution in [0.1, 0.15) is 18.1 Å². The Balaban J connectivity index is 1.45. The largest absolute Gasteiger partial charge is 0.454 e. The summed E-state index contributed by atoms with van der Waals surface area (Å²) in [5.74, 6) is 0.964. The van der Waals surface area contributed by atoms with Gasteiger partial charge in [0.15, 0.2) is 16.7 Å². The average Bonchev–Trinajstić information content (AvgIpc) is 3.48. The first-order chi connectivity index (χ1) is 17.4. The summed E-state index contributed by atoms with van der Waals surface area (Å²) in [7, 11) is 1.75. The van der Waals surface area contributed by atoms with E-state index in [0.29, 0.717) is 22.4 Å². The van der Waals surface area contributed by atoms with Crippen molar-refractivity contribution in [2.75, 3.05) is 23.6 Å². The maximum Gasteiger partial charge on any atom is 0.283 e. The number of aliphatic imine (C=N–C) groups is 1. The Morgan fingerprint density at radius 2 is 1.78 bits per heavy atom. The van der Waals surface area contributed by atoms with Gasteiger partial charge in [-0.2, -0.15) is 0 Å². The van der Waals surface area contributed by atoms with Crippen LogP contribution in [0.15, 0.2) is 83.5 Å². The summed E-state index contributed by atoms with van der Waals surface area (Å²) in [6, 6.07) is 22.6. The van der Waals surface area contributed by atoms with E-state index in [-0.39, 0.29) is 24.3 Å². The van der Waals surface area contributed by atoms with Gasteiger partial charge in [0.2, 0.25) is 12.7 Å². The van der Waals surface area contributed by atoms with Gasteiger partial charge in [-0.1, -0.05) is 53.7 Å². The van der Waals surface area contributed by atoms with Crippen molar-refractivity contribution in [3.05, 3.63) is 89.6 Å². The Labute approximate surface area is 214 Å². The molecule has 0 saturated carbocycles. The number of ether oxygens (including phenoxy) is 2. The summed E-state index contributed by atoms with van der Waals surface area (Å²) < 4.78 is 10.8. The highest BCUT2D eigenvalue weighted by molar-refractivity contribution is 8.15. The lowest BCUT2D eigenvalue weighted by atomic mass is 10.1. The smallest absolute Gasteiger partial charge is 0.283 e. The number of aryl methyl sites for hydroxylation is 1. The fourth-order valence-corrected chi connectivity index (χ4v) is 4.94. The number of nitrogens with zero attached hydrogens (tertiary/aromatic N) is 3. The molecule has 0 radical (unpaired) electrons. The topological polar surface area (TPSA) is 71.4 Å². The number of amides is 2. The molecule has 3 aromatic rings. The van der Waals surface area contributed by atoms with Crippen molar-refractivity contribution in [2.24, 2.45) is 4.99 Å². The van der Waals surface area contributed by atoms with E-state index in [0.717, 1.165) is 16.8 Å². The third kappa shape index (κ3) is 4.72. The SMILES string of the molecule is Cc1ccc(N2C(=O)C(=Cc3ccc4c(c3)OCO4)N=C2SC(C)C(=O)N(C)c2ccccc2)cc1. The van der Waals surface area contributed by atoms with E-state index in [4.69, 9.17) is 9.47 Å². The van der Waals surface area contributed by atoms with Crippen LogP contribution < -0.4 is 19.3 Å². The van der Waals surface area contributed by atoms with Crippen LogP contribution in [-0.4, -0.2) is 36.1 Å². The fraction of sp³-hybridized carbons (Fsp3) is 0.179. The minimum absolute atomic E-state index is 0.0848. The molecule has 2 amide bonds. The molecule has 3 aromatic carbocycles. The molecule has 0 bridgehead atoms. The minimum Gasteiger partial charge on any atom is -0.454 e. The summed E-state index contributed by atoms with van der Waals surface area (Å²) in [5, 5.41) is -0.0160. The van der Waals surface area contributed by atoms with Gasteiger partial charge in [-0.25, -0.2) is 4.99 Å². The maximum atomic E-state index is 13.5. The predicted molar refractivity (Wildman–Crippen MR) is 144 cm³/mol. The molecule has 182 valence electrons. The zero-order valence-corrected chi connectivity index (χ0v) is 21.0. The zero-order chi connectivity index (χ0) is 25.2. The van der Waals surface area contributed by atoms with Gasteiger partial charge in [0, 0.05) is 12.7 Å². The summed E-state index contributed by atoms with van der Waals surface area (Å²) in [5.41, 5.74) is 3.64. The molecular formula is C28H25N3O4S. The Morgan fingerprint density at radius 1 is 1.06 bits per heavy atom. The molecule has 36 heavy (non-hydrogen) atoms. The third-order valence-electron chi connectivity index (χ3n) is 5.93. The molecule has 0 spiro atoms. The second-order valence-corrected chi connectivity index (χ2v) is 9.81. The molecule has 1 unspecified atom stereocenters. The van der Waals surface area contributed by atoms with E-state index in [1.54, 1.807) is 22.9 Å². The molecule has 0 saturated heterocycles. The number of hydrogen-bond acceptors (Lipinski definition) is 6. The van der Waals surface area contributed by atoms with Gasteiger partial charge in [-0.15, -0.1) is 0 Å². The molecule has 0 fully saturated rings. The summed E-state index contributed by atoms with van der Waals surface area (Å²) in [6.45, 7) is 3.99. The van der Waals surface area contributed by atoms with Gasteiger partial charge in [0.05, 0.1) is 10.9 Å². The van der Waals surface area contributed by atoms with E-state index >= 15 is 0 Å². The number of carbonyl (C=O) groups excluding carboxylic acids is 2. The van der Waals surface area contributed by atoms with Crippen LogP contribution >= 0.6 is 11.8 Å². The first-order valence-corrected chi connectivity index (χ1v) is 12.4. The number of carbonyl (C=O) groups is 2. The molecule has 2 aliphatic heterocycles. The standard InChI is InChI=1S/C28H25N3O4S/c1-18-9-12-22(13-10-18)31-27(33)23(15-20-11-14-24-25(16-20)35-17-34-24)29-28(31)36-19(2)26(32)30(3)21-7-5-4-6-8-21/h4-16,19H,17H2,1-3H3. The van der Waals surface area contributed by atoms with Crippen LogP contribution in [0.4, 0.5) is 11.4 Å². The monoisotopic (exact) mass is 499 g/mol. The van der Waals surface area contributed by atoms with Crippen LogP contribution in [0, 0.1) is 6.92 Å². The van der Waals surface area contributed by atoms with Crippen LogP contribution in [-0.2, 0) is 9.59 Å². The normalized spacial score (nSPS) is 16.3. The second kappa shape index (κ2) is 9.91. The van der Waals surface area contributed by atoms with Gasteiger partial charge < -0.3 is 14.4 Å². The van der Waals surface area contributed by atoms with E-state index in [1.165, 1.54) is 11.8 Å². The first kappa shape index (κ1) is 23.7. The van der Waals surface area contributed by atoms with Crippen molar-refractivity contribution < 1.29 is 19.1 Å². The van der Waals surface area contributed by atoms with Crippen molar-refractivity contribution >= 4 is 46.2 Å². The third-order valence-corrected chi connectivity index (χ3v) is 6.97. The maximum absolute atomic E-state index is 13.5. The lowest BCUT2D eigenvalue weighted by Crippen LogP contribution is -2.36. The molecule has 5 rings (SSSR count). The van der Waals surface area contributed by atoms with Crippen LogP contribution in [0.5, 0.6) is 11.5 Å². The fourth-order valence-electron chi connectivity index (χ4n) is 3.92. The number of fused-ring (bicyclic) bond motifs is 1. The lowest BCUT2D eigenvalue weighted by Gasteiger charge is -2.23. The molecule has 1 atom stereocenters. The van der Waals surface area contributed by atoms with E-state index in [1.807, 2.05) is 86.6 Å². The Bertz CT molecular complexity index is 1370.